The zero-order valence-corrected chi connectivity index (χ0v) is 8.73. The van der Waals surface area contributed by atoms with Crippen LogP contribution < -0.4 is 4.74 Å². The predicted octanol–water partition coefficient (Wildman–Crippen LogP) is 2.30. The first-order valence-corrected chi connectivity index (χ1v) is 4.99. The summed E-state index contributed by atoms with van der Waals surface area (Å²) in [5.74, 6) is 0.719. The van der Waals surface area contributed by atoms with Gasteiger partial charge in [-0.3, -0.25) is 9.78 Å². The molecule has 1 heterocycles. The monoisotopic (exact) mass is 211 g/mol. The Morgan fingerprint density at radius 2 is 2.00 bits per heavy atom. The van der Waals surface area contributed by atoms with E-state index in [0.29, 0.717) is 16.9 Å². The molecule has 0 atom stereocenters. The number of rotatable bonds is 1. The number of nitrogens with zero attached hydrogens (tertiary/aromatic N) is 1. The Hall–Kier alpha value is -2.16. The molecule has 78 valence electrons. The highest BCUT2D eigenvalue weighted by molar-refractivity contribution is 6.21. The molecule has 0 spiro atoms. The third-order valence-corrected chi connectivity index (χ3v) is 2.78. The highest BCUT2D eigenvalue weighted by Gasteiger charge is 2.27. The number of aromatic nitrogens is 1. The average molecular weight is 211 g/mol. The van der Waals surface area contributed by atoms with Crippen LogP contribution in [0.25, 0.3) is 11.3 Å². The minimum absolute atomic E-state index is 0.0250. The first kappa shape index (κ1) is 9.09. The molecule has 0 bridgehead atoms. The van der Waals surface area contributed by atoms with E-state index < -0.39 is 0 Å². The summed E-state index contributed by atoms with van der Waals surface area (Å²) in [5, 5.41) is 0. The fourth-order valence-electron chi connectivity index (χ4n) is 1.99. The summed E-state index contributed by atoms with van der Waals surface area (Å²) < 4.78 is 5.11. The zero-order valence-electron chi connectivity index (χ0n) is 8.73. The number of carbonyl (C=O) groups is 1. The van der Waals surface area contributed by atoms with Crippen LogP contribution in [0.2, 0.25) is 0 Å². The molecular formula is C13H9NO2. The number of hydrogen-bond acceptors (Lipinski definition) is 3. The van der Waals surface area contributed by atoms with E-state index in [1.54, 1.807) is 31.5 Å². The number of carbonyl (C=O) groups excluding carboxylic acids is 1. The van der Waals surface area contributed by atoms with Crippen LogP contribution >= 0.6 is 0 Å². The smallest absolute Gasteiger partial charge is 0.196 e. The van der Waals surface area contributed by atoms with Crippen molar-refractivity contribution in [3.8, 4) is 17.0 Å². The summed E-state index contributed by atoms with van der Waals surface area (Å²) in [6, 6.07) is 9.07. The first-order valence-electron chi connectivity index (χ1n) is 4.99. The number of ketones is 1. The van der Waals surface area contributed by atoms with Crippen LogP contribution in [0, 0.1) is 0 Å². The lowest BCUT2D eigenvalue weighted by molar-refractivity contribution is 0.104. The van der Waals surface area contributed by atoms with Crippen LogP contribution in [0.4, 0.5) is 0 Å². The van der Waals surface area contributed by atoms with Crippen molar-refractivity contribution in [2.45, 2.75) is 0 Å². The third-order valence-electron chi connectivity index (χ3n) is 2.78. The summed E-state index contributed by atoms with van der Waals surface area (Å²) >= 11 is 0. The van der Waals surface area contributed by atoms with Gasteiger partial charge >= 0.3 is 0 Å². The van der Waals surface area contributed by atoms with E-state index in [9.17, 15) is 4.79 Å². The number of methoxy groups -OCH3 is 1. The van der Waals surface area contributed by atoms with Crippen LogP contribution in [0.3, 0.4) is 0 Å². The SMILES string of the molecule is COc1ccc2c(c1)C(=O)c1cccnc1-2. The standard InChI is InChI=1S/C13H9NO2/c1-16-8-4-5-9-11(7-8)13(15)10-3-2-6-14-12(9)10/h2-7H,1H3. The summed E-state index contributed by atoms with van der Waals surface area (Å²) in [6.45, 7) is 0. The van der Waals surface area contributed by atoms with E-state index >= 15 is 0 Å². The molecule has 2 aromatic rings. The number of benzene rings is 1. The molecule has 16 heavy (non-hydrogen) atoms. The molecule has 1 aromatic heterocycles. The quantitative estimate of drug-likeness (QED) is 0.620. The maximum Gasteiger partial charge on any atom is 0.196 e. The number of hydrogen-bond donors (Lipinski definition) is 0. The van der Waals surface area contributed by atoms with Gasteiger partial charge in [-0.15, -0.1) is 0 Å². The Morgan fingerprint density at radius 1 is 1.12 bits per heavy atom. The van der Waals surface area contributed by atoms with Crippen LogP contribution in [-0.2, 0) is 0 Å². The molecular weight excluding hydrogens is 202 g/mol. The normalized spacial score (nSPS) is 12.2. The fourth-order valence-corrected chi connectivity index (χ4v) is 1.99. The lowest BCUT2D eigenvalue weighted by Gasteiger charge is -2.02. The highest BCUT2D eigenvalue weighted by atomic mass is 16.5. The lowest BCUT2D eigenvalue weighted by Crippen LogP contribution is -1.95. The molecule has 3 rings (SSSR count). The van der Waals surface area contributed by atoms with Crippen molar-refractivity contribution in [3.05, 3.63) is 47.7 Å². The molecule has 0 radical (unpaired) electrons. The average Bonchev–Trinajstić information content (AvgIpc) is 2.64. The van der Waals surface area contributed by atoms with Gasteiger partial charge in [-0.05, 0) is 30.3 Å². The van der Waals surface area contributed by atoms with Gasteiger partial charge in [0.05, 0.1) is 12.8 Å². The maximum atomic E-state index is 12.1. The van der Waals surface area contributed by atoms with E-state index in [-0.39, 0.29) is 5.78 Å². The van der Waals surface area contributed by atoms with Crippen LogP contribution in [0.1, 0.15) is 15.9 Å². The number of pyridine rings is 1. The van der Waals surface area contributed by atoms with Gasteiger partial charge in [-0.1, -0.05) is 0 Å². The summed E-state index contributed by atoms with van der Waals surface area (Å²) in [5.41, 5.74) is 3.00. The molecule has 3 nitrogen and oxygen atoms in total. The Bertz CT molecular complexity index is 590. The molecule has 0 unspecified atom stereocenters. The van der Waals surface area contributed by atoms with Crippen molar-refractivity contribution >= 4 is 5.78 Å². The minimum atomic E-state index is 0.0250. The van der Waals surface area contributed by atoms with Gasteiger partial charge in [0.1, 0.15) is 5.75 Å². The van der Waals surface area contributed by atoms with Gasteiger partial charge in [0.2, 0.25) is 0 Å². The van der Waals surface area contributed by atoms with Crippen LogP contribution in [0.5, 0.6) is 5.75 Å². The Balaban J connectivity index is 2.29. The summed E-state index contributed by atoms with van der Waals surface area (Å²) in [6.07, 6.45) is 1.70. The van der Waals surface area contributed by atoms with Crippen LogP contribution in [-0.4, -0.2) is 17.9 Å². The van der Waals surface area contributed by atoms with Gasteiger partial charge in [-0.2, -0.15) is 0 Å². The largest absolute Gasteiger partial charge is 0.497 e. The van der Waals surface area contributed by atoms with Gasteiger partial charge in [-0.25, -0.2) is 0 Å². The molecule has 1 aromatic carbocycles. The molecule has 0 aliphatic heterocycles. The minimum Gasteiger partial charge on any atom is -0.497 e. The number of ether oxygens (including phenoxy) is 1. The molecule has 0 fully saturated rings. The molecule has 1 aliphatic carbocycles. The number of fused-ring (bicyclic) bond motifs is 3. The second-order valence-corrected chi connectivity index (χ2v) is 3.64. The zero-order chi connectivity index (χ0) is 11.1. The highest BCUT2D eigenvalue weighted by Crippen LogP contribution is 2.36. The molecule has 1 aliphatic rings. The molecule has 0 amide bonds. The van der Waals surface area contributed by atoms with Crippen molar-refractivity contribution in [1.82, 2.24) is 4.98 Å². The Labute approximate surface area is 92.7 Å². The van der Waals surface area contributed by atoms with Gasteiger partial charge in [0, 0.05) is 22.9 Å². The Kier molecular flexibility index (Phi) is 1.80. The summed E-state index contributed by atoms with van der Waals surface area (Å²) in [7, 11) is 1.59. The third kappa shape index (κ3) is 1.08. The fraction of sp³-hybridized carbons (Fsp3) is 0.0769. The lowest BCUT2D eigenvalue weighted by atomic mass is 10.1. The maximum absolute atomic E-state index is 12.1. The van der Waals surface area contributed by atoms with E-state index in [1.807, 2.05) is 12.1 Å². The molecule has 0 saturated heterocycles. The van der Waals surface area contributed by atoms with E-state index in [4.69, 9.17) is 4.74 Å². The van der Waals surface area contributed by atoms with E-state index in [1.165, 1.54) is 0 Å². The topological polar surface area (TPSA) is 39.2 Å². The van der Waals surface area contributed by atoms with Gasteiger partial charge in [0.15, 0.2) is 5.78 Å². The van der Waals surface area contributed by atoms with Crippen molar-refractivity contribution < 1.29 is 9.53 Å². The Morgan fingerprint density at radius 3 is 2.81 bits per heavy atom. The first-order chi connectivity index (χ1) is 7.81. The van der Waals surface area contributed by atoms with Crippen molar-refractivity contribution in [3.63, 3.8) is 0 Å². The predicted molar refractivity (Wildman–Crippen MR) is 59.7 cm³/mol. The van der Waals surface area contributed by atoms with E-state index in [0.717, 1.165) is 11.3 Å². The van der Waals surface area contributed by atoms with Crippen molar-refractivity contribution in [2.24, 2.45) is 0 Å². The molecule has 0 N–H and O–H groups in total. The van der Waals surface area contributed by atoms with Crippen molar-refractivity contribution in [2.75, 3.05) is 7.11 Å². The van der Waals surface area contributed by atoms with E-state index in [2.05, 4.69) is 4.98 Å². The van der Waals surface area contributed by atoms with Gasteiger partial charge in [0.25, 0.3) is 0 Å². The molecule has 0 saturated carbocycles. The van der Waals surface area contributed by atoms with Crippen molar-refractivity contribution in [1.29, 1.82) is 0 Å². The molecule has 3 heteroatoms. The second kappa shape index (κ2) is 3.17. The van der Waals surface area contributed by atoms with Gasteiger partial charge < -0.3 is 4.74 Å². The van der Waals surface area contributed by atoms with Crippen LogP contribution in [0.15, 0.2) is 36.5 Å². The summed E-state index contributed by atoms with van der Waals surface area (Å²) in [4.78, 5) is 16.3. The second-order valence-electron chi connectivity index (χ2n) is 3.64.